The minimum atomic E-state index is -4.93. The Kier molecular flexibility index (Phi) is 6.55. The lowest BCUT2D eigenvalue weighted by Gasteiger charge is -2.43. The number of alkyl halides is 3. The quantitative estimate of drug-likeness (QED) is 0.654. The van der Waals surface area contributed by atoms with E-state index >= 15 is 0 Å². The summed E-state index contributed by atoms with van der Waals surface area (Å²) in [6, 6.07) is 5.96. The first-order chi connectivity index (χ1) is 17.3. The molecule has 1 aromatic carbocycles. The molecule has 36 heavy (non-hydrogen) atoms. The van der Waals surface area contributed by atoms with E-state index in [1.807, 2.05) is 0 Å². The molecule has 0 bridgehead atoms. The molecule has 1 aliphatic carbocycles. The molecule has 1 fully saturated rings. The van der Waals surface area contributed by atoms with Crippen molar-refractivity contribution in [1.29, 1.82) is 0 Å². The topological polar surface area (TPSA) is 96.5 Å². The monoisotopic (exact) mass is 501 g/mol. The van der Waals surface area contributed by atoms with Crippen molar-refractivity contribution in [3.05, 3.63) is 65.4 Å². The van der Waals surface area contributed by atoms with Crippen LogP contribution >= 0.6 is 0 Å². The molecule has 2 aliphatic heterocycles. The van der Waals surface area contributed by atoms with Crippen molar-refractivity contribution in [2.75, 3.05) is 6.54 Å². The number of ether oxygens (including phenoxy) is 1. The Balaban J connectivity index is 1.60. The van der Waals surface area contributed by atoms with Gasteiger partial charge in [0, 0.05) is 42.5 Å². The van der Waals surface area contributed by atoms with Crippen LogP contribution in [0.5, 0.6) is 5.75 Å². The van der Waals surface area contributed by atoms with Crippen LogP contribution in [0.25, 0.3) is 0 Å². The number of carbonyl (C=O) groups excluding carboxylic acids is 2. The second kappa shape index (κ2) is 9.79. The number of halogens is 3. The Morgan fingerprint density at radius 3 is 2.64 bits per heavy atom. The summed E-state index contributed by atoms with van der Waals surface area (Å²) in [5.41, 5.74) is 0.994. The highest BCUT2D eigenvalue weighted by atomic mass is 19.4. The molecule has 3 aliphatic rings. The van der Waals surface area contributed by atoms with E-state index in [9.17, 15) is 22.8 Å². The first kappa shape index (κ1) is 24.1. The molecule has 2 amide bonds. The van der Waals surface area contributed by atoms with E-state index in [0.29, 0.717) is 17.9 Å². The van der Waals surface area contributed by atoms with Crippen molar-refractivity contribution in [1.82, 2.24) is 25.5 Å². The number of hydrogen-bond donors (Lipinski definition) is 2. The molecule has 5 rings (SSSR count). The summed E-state index contributed by atoms with van der Waals surface area (Å²) in [4.78, 5) is 36.9. The zero-order valence-corrected chi connectivity index (χ0v) is 19.4. The number of para-hydroxylation sites is 1. The van der Waals surface area contributed by atoms with Crippen LogP contribution in [-0.4, -0.2) is 51.7 Å². The van der Waals surface area contributed by atoms with E-state index in [0.717, 1.165) is 19.3 Å². The van der Waals surface area contributed by atoms with Gasteiger partial charge in [-0.3, -0.25) is 9.59 Å². The fourth-order valence-corrected chi connectivity index (χ4v) is 5.45. The van der Waals surface area contributed by atoms with Gasteiger partial charge >= 0.3 is 6.36 Å². The number of aromatic nitrogens is 2. The van der Waals surface area contributed by atoms with Crippen LogP contribution in [-0.2, 0) is 16.0 Å². The molecule has 190 valence electrons. The van der Waals surface area contributed by atoms with Gasteiger partial charge in [-0.1, -0.05) is 31.0 Å². The Labute approximate surface area is 205 Å². The number of rotatable bonds is 5. The lowest BCUT2D eigenvalue weighted by Crippen LogP contribution is -2.53. The average molecular weight is 502 g/mol. The Hall–Kier alpha value is -3.63. The van der Waals surface area contributed by atoms with Gasteiger partial charge in [-0.05, 0) is 25.0 Å². The molecule has 0 radical (unpaired) electrons. The third-order valence-corrected chi connectivity index (χ3v) is 6.90. The molecule has 11 heteroatoms. The second-order valence-corrected chi connectivity index (χ2v) is 9.13. The molecule has 1 saturated carbocycles. The number of hydrogen-bond acceptors (Lipinski definition) is 6. The summed E-state index contributed by atoms with van der Waals surface area (Å²) in [5, 5.41) is 6.22. The number of nitrogens with one attached hydrogen (secondary N) is 2. The summed E-state index contributed by atoms with van der Waals surface area (Å²) in [6.45, 7) is 0.232. The van der Waals surface area contributed by atoms with E-state index in [1.165, 1.54) is 18.2 Å². The van der Waals surface area contributed by atoms with E-state index in [2.05, 4.69) is 25.3 Å². The summed E-state index contributed by atoms with van der Waals surface area (Å²) in [6.07, 6.45) is 1.86. The predicted molar refractivity (Wildman–Crippen MR) is 122 cm³/mol. The maximum Gasteiger partial charge on any atom is 0.573 e. The summed E-state index contributed by atoms with van der Waals surface area (Å²) in [7, 11) is 0. The van der Waals surface area contributed by atoms with E-state index in [-0.39, 0.29) is 48.5 Å². The number of fused-ring (bicyclic) bond motifs is 1. The van der Waals surface area contributed by atoms with Crippen molar-refractivity contribution in [2.45, 2.75) is 63.0 Å². The van der Waals surface area contributed by atoms with Crippen LogP contribution in [0.3, 0.4) is 0 Å². The van der Waals surface area contributed by atoms with Crippen LogP contribution < -0.4 is 15.4 Å². The zero-order valence-electron chi connectivity index (χ0n) is 19.4. The summed E-state index contributed by atoms with van der Waals surface area (Å²) >= 11 is 0. The number of nitrogens with zero attached hydrogens (tertiary/aromatic N) is 3. The Bertz CT molecular complexity index is 1170. The number of amides is 2. The predicted octanol–water partition coefficient (Wildman–Crippen LogP) is 3.18. The minimum absolute atomic E-state index is 0.0518. The van der Waals surface area contributed by atoms with Crippen LogP contribution in [0.15, 0.2) is 54.0 Å². The van der Waals surface area contributed by atoms with Gasteiger partial charge in [0.2, 0.25) is 5.91 Å². The Morgan fingerprint density at radius 1 is 1.11 bits per heavy atom. The highest BCUT2D eigenvalue weighted by Gasteiger charge is 2.47. The van der Waals surface area contributed by atoms with Crippen molar-refractivity contribution in [3.8, 4) is 5.75 Å². The lowest BCUT2D eigenvalue weighted by molar-refractivity contribution is -0.275. The van der Waals surface area contributed by atoms with Gasteiger partial charge in [0.15, 0.2) is 0 Å². The van der Waals surface area contributed by atoms with Crippen LogP contribution in [0.1, 0.15) is 49.5 Å². The Morgan fingerprint density at radius 2 is 1.86 bits per heavy atom. The molecule has 0 unspecified atom stereocenters. The van der Waals surface area contributed by atoms with E-state index in [1.54, 1.807) is 29.4 Å². The van der Waals surface area contributed by atoms with E-state index in [4.69, 9.17) is 0 Å². The number of carbonyl (C=O) groups is 2. The van der Waals surface area contributed by atoms with Gasteiger partial charge < -0.3 is 20.3 Å². The summed E-state index contributed by atoms with van der Waals surface area (Å²) < 4.78 is 44.3. The lowest BCUT2D eigenvalue weighted by atomic mass is 9.87. The van der Waals surface area contributed by atoms with Crippen LogP contribution in [0.2, 0.25) is 0 Å². The minimum Gasteiger partial charge on any atom is -0.405 e. The van der Waals surface area contributed by atoms with Gasteiger partial charge in [-0.25, -0.2) is 9.97 Å². The third-order valence-electron chi connectivity index (χ3n) is 6.90. The molecular formula is C25H26F3N5O3. The van der Waals surface area contributed by atoms with Crippen molar-refractivity contribution in [3.63, 3.8) is 0 Å². The fraction of sp³-hybridized carbons (Fsp3) is 0.440. The molecule has 2 N–H and O–H groups in total. The average Bonchev–Trinajstić information content (AvgIpc) is 3.13. The standard InChI is InChI=1S/C25H26F3N5O3/c26-25(27,28)36-19-9-4-1-6-15(19)23-22-17(14-31-24(22)35)32-16-7-2-3-8-18(16)33(23)21(34)11-10-20-29-12-5-13-30-20/h1,4-6,9,12-13,16,18,23,32H,2-3,7-8,10-11,14H2,(H,31,35)/t16-,18-,23-/m1/s1. The molecule has 2 aromatic rings. The maximum absolute atomic E-state index is 13.9. The number of benzene rings is 1. The van der Waals surface area contributed by atoms with Crippen LogP contribution in [0, 0.1) is 0 Å². The van der Waals surface area contributed by atoms with Gasteiger partial charge in [0.1, 0.15) is 11.6 Å². The highest BCUT2D eigenvalue weighted by molar-refractivity contribution is 5.99. The number of aryl methyl sites for hydroxylation is 1. The van der Waals surface area contributed by atoms with Crippen molar-refractivity contribution < 1.29 is 27.5 Å². The summed E-state index contributed by atoms with van der Waals surface area (Å²) in [5.74, 6) is -0.622. The van der Waals surface area contributed by atoms with Gasteiger partial charge in [0.25, 0.3) is 5.91 Å². The van der Waals surface area contributed by atoms with Crippen LogP contribution in [0.4, 0.5) is 13.2 Å². The molecule has 8 nitrogen and oxygen atoms in total. The van der Waals surface area contributed by atoms with Gasteiger partial charge in [0.05, 0.1) is 24.2 Å². The van der Waals surface area contributed by atoms with Gasteiger partial charge in [-0.15, -0.1) is 13.2 Å². The van der Waals surface area contributed by atoms with Gasteiger partial charge in [-0.2, -0.15) is 0 Å². The molecule has 0 spiro atoms. The second-order valence-electron chi connectivity index (χ2n) is 9.13. The molecular weight excluding hydrogens is 475 g/mol. The first-order valence-corrected chi connectivity index (χ1v) is 12.0. The smallest absolute Gasteiger partial charge is 0.405 e. The van der Waals surface area contributed by atoms with Crippen molar-refractivity contribution in [2.24, 2.45) is 0 Å². The molecule has 3 heterocycles. The van der Waals surface area contributed by atoms with E-state index < -0.39 is 24.1 Å². The van der Waals surface area contributed by atoms with Crippen molar-refractivity contribution >= 4 is 11.8 Å². The third kappa shape index (κ3) is 4.87. The molecule has 1 aromatic heterocycles. The molecule has 0 saturated heterocycles. The largest absolute Gasteiger partial charge is 0.573 e. The fourth-order valence-electron chi connectivity index (χ4n) is 5.45. The SMILES string of the molecule is O=C1NCC2=C1[C@@H](c1ccccc1OC(F)(F)F)N(C(=O)CCc1ncccn1)[C@@H]1CCCC[C@H]1N2. The molecule has 3 atom stereocenters. The first-order valence-electron chi connectivity index (χ1n) is 12.0. The zero-order chi connectivity index (χ0) is 25.3. The highest BCUT2D eigenvalue weighted by Crippen LogP contribution is 2.44. The maximum atomic E-state index is 13.9. The normalized spacial score (nSPS) is 23.8.